The van der Waals surface area contributed by atoms with Crippen LogP contribution in [-0.2, 0) is 9.59 Å². The fourth-order valence-electron chi connectivity index (χ4n) is 0.881. The molecule has 1 heterocycles. The van der Waals surface area contributed by atoms with Gasteiger partial charge in [0.25, 0.3) is 0 Å². The van der Waals surface area contributed by atoms with E-state index in [0.717, 1.165) is 0 Å². The summed E-state index contributed by atoms with van der Waals surface area (Å²) in [5, 5.41) is 12.2. The Morgan fingerprint density at radius 3 is 2.43 bits per heavy atom. The number of rotatable bonds is 2. The van der Waals surface area contributed by atoms with Crippen LogP contribution < -0.4 is 10.6 Å². The highest BCUT2D eigenvalue weighted by atomic mass is 16.2. The lowest BCUT2D eigenvalue weighted by Gasteiger charge is -2.06. The van der Waals surface area contributed by atoms with Crippen molar-refractivity contribution < 1.29 is 9.59 Å². The molecule has 1 aromatic heterocycles. The van der Waals surface area contributed by atoms with E-state index in [0.29, 0.717) is 5.69 Å². The zero-order valence-corrected chi connectivity index (χ0v) is 7.87. The molecular weight excluding hydrogens is 184 g/mol. The first kappa shape index (κ1) is 10.1. The smallest absolute Gasteiger partial charge is 0.222 e. The van der Waals surface area contributed by atoms with Gasteiger partial charge in [-0.25, -0.2) is 0 Å². The molecule has 1 rings (SSSR count). The number of hydrogen-bond acceptors (Lipinski definition) is 4. The van der Waals surface area contributed by atoms with Gasteiger partial charge in [-0.1, -0.05) is 0 Å². The van der Waals surface area contributed by atoms with Crippen molar-refractivity contribution in [2.24, 2.45) is 0 Å². The lowest BCUT2D eigenvalue weighted by atomic mass is 10.4. The van der Waals surface area contributed by atoms with Gasteiger partial charge in [0.2, 0.25) is 11.8 Å². The van der Waals surface area contributed by atoms with Crippen molar-refractivity contribution in [3.8, 4) is 0 Å². The van der Waals surface area contributed by atoms with Crippen LogP contribution in [0.15, 0.2) is 12.3 Å². The maximum absolute atomic E-state index is 10.8. The van der Waals surface area contributed by atoms with Crippen LogP contribution in [0.3, 0.4) is 0 Å². The quantitative estimate of drug-likeness (QED) is 0.713. The summed E-state index contributed by atoms with van der Waals surface area (Å²) in [6, 6.07) is 1.56. The van der Waals surface area contributed by atoms with Gasteiger partial charge in [0.05, 0.1) is 11.9 Å². The molecule has 0 aliphatic rings. The molecule has 0 bridgehead atoms. The summed E-state index contributed by atoms with van der Waals surface area (Å²) in [6.07, 6.45) is 1.43. The maximum atomic E-state index is 10.8. The van der Waals surface area contributed by atoms with E-state index in [1.54, 1.807) is 6.07 Å². The minimum atomic E-state index is -0.267. The van der Waals surface area contributed by atoms with Crippen molar-refractivity contribution in [2.45, 2.75) is 13.8 Å². The summed E-state index contributed by atoms with van der Waals surface area (Å²) in [6.45, 7) is 2.73. The highest BCUT2D eigenvalue weighted by molar-refractivity contribution is 5.96. The number of amides is 2. The average molecular weight is 194 g/mol. The first-order valence-corrected chi connectivity index (χ1v) is 3.96. The molecule has 74 valence electrons. The molecule has 0 fully saturated rings. The number of carbonyl (C=O) groups excluding carboxylic acids is 2. The highest BCUT2D eigenvalue weighted by Gasteiger charge is 2.06. The van der Waals surface area contributed by atoms with E-state index >= 15 is 0 Å². The standard InChI is InChI=1S/C8H10N4O2/c1-5(13)10-7-3-4-9-12-8(7)11-6(2)14/h3-4H,1-2H3,(H,9,10,13)(H,11,12,14). The lowest BCUT2D eigenvalue weighted by molar-refractivity contribution is -0.115. The van der Waals surface area contributed by atoms with Crippen molar-refractivity contribution in [1.82, 2.24) is 10.2 Å². The fraction of sp³-hybridized carbons (Fsp3) is 0.250. The van der Waals surface area contributed by atoms with Gasteiger partial charge in [0, 0.05) is 13.8 Å². The molecule has 2 amide bonds. The first-order valence-electron chi connectivity index (χ1n) is 3.96. The van der Waals surface area contributed by atoms with Crippen LogP contribution in [0.2, 0.25) is 0 Å². The Balaban J connectivity index is 2.90. The Hall–Kier alpha value is -1.98. The summed E-state index contributed by atoms with van der Waals surface area (Å²) < 4.78 is 0. The Morgan fingerprint density at radius 2 is 1.86 bits per heavy atom. The molecule has 0 radical (unpaired) electrons. The normalized spacial score (nSPS) is 9.29. The molecule has 0 aliphatic heterocycles. The third-order valence-electron chi connectivity index (χ3n) is 1.33. The number of carbonyl (C=O) groups is 2. The average Bonchev–Trinajstić information content (AvgIpc) is 2.06. The van der Waals surface area contributed by atoms with E-state index in [-0.39, 0.29) is 17.6 Å². The Morgan fingerprint density at radius 1 is 1.21 bits per heavy atom. The van der Waals surface area contributed by atoms with E-state index in [1.807, 2.05) is 0 Å². The second kappa shape index (κ2) is 4.31. The van der Waals surface area contributed by atoms with Crippen LogP contribution in [-0.4, -0.2) is 22.0 Å². The zero-order chi connectivity index (χ0) is 10.6. The van der Waals surface area contributed by atoms with Crippen LogP contribution in [0.1, 0.15) is 13.8 Å². The highest BCUT2D eigenvalue weighted by Crippen LogP contribution is 2.15. The predicted molar refractivity (Wildman–Crippen MR) is 50.6 cm³/mol. The second-order valence-corrected chi connectivity index (χ2v) is 2.66. The first-order chi connectivity index (χ1) is 6.59. The van der Waals surface area contributed by atoms with Crippen LogP contribution >= 0.6 is 0 Å². The minimum Gasteiger partial charge on any atom is -0.323 e. The lowest BCUT2D eigenvalue weighted by Crippen LogP contribution is -2.13. The molecular formula is C8H10N4O2. The molecule has 0 atom stereocenters. The second-order valence-electron chi connectivity index (χ2n) is 2.66. The fourth-order valence-corrected chi connectivity index (χ4v) is 0.881. The Labute approximate surface area is 80.7 Å². The Bertz CT molecular complexity index is 329. The predicted octanol–water partition coefficient (Wildman–Crippen LogP) is 0.393. The number of nitrogens with one attached hydrogen (secondary N) is 2. The molecule has 0 saturated heterocycles. The monoisotopic (exact) mass is 194 g/mol. The zero-order valence-electron chi connectivity index (χ0n) is 7.87. The molecule has 0 aliphatic carbocycles. The molecule has 2 N–H and O–H groups in total. The van der Waals surface area contributed by atoms with Gasteiger partial charge >= 0.3 is 0 Å². The number of hydrogen-bond donors (Lipinski definition) is 2. The van der Waals surface area contributed by atoms with E-state index < -0.39 is 0 Å². The van der Waals surface area contributed by atoms with E-state index in [1.165, 1.54) is 20.0 Å². The largest absolute Gasteiger partial charge is 0.323 e. The van der Waals surface area contributed by atoms with Gasteiger partial charge in [0.1, 0.15) is 0 Å². The molecule has 14 heavy (non-hydrogen) atoms. The maximum Gasteiger partial charge on any atom is 0.222 e. The molecule has 0 unspecified atom stereocenters. The van der Waals surface area contributed by atoms with Gasteiger partial charge in [-0.15, -0.1) is 5.10 Å². The minimum absolute atomic E-state index is 0.232. The number of nitrogens with zero attached hydrogens (tertiary/aromatic N) is 2. The molecule has 0 saturated carbocycles. The SMILES string of the molecule is CC(=O)Nc1ccnnc1NC(C)=O. The van der Waals surface area contributed by atoms with Crippen molar-refractivity contribution in [1.29, 1.82) is 0 Å². The van der Waals surface area contributed by atoms with Gasteiger partial charge in [0.15, 0.2) is 5.82 Å². The summed E-state index contributed by atoms with van der Waals surface area (Å²) in [4.78, 5) is 21.5. The van der Waals surface area contributed by atoms with Gasteiger partial charge in [-0.3, -0.25) is 9.59 Å². The number of aromatic nitrogens is 2. The molecule has 6 heteroatoms. The number of anilines is 2. The van der Waals surface area contributed by atoms with Gasteiger partial charge in [-0.05, 0) is 6.07 Å². The molecule has 1 aromatic rings. The summed E-state index contributed by atoms with van der Waals surface area (Å²) >= 11 is 0. The topological polar surface area (TPSA) is 84.0 Å². The third-order valence-corrected chi connectivity index (χ3v) is 1.33. The van der Waals surface area contributed by atoms with Crippen LogP contribution in [0.4, 0.5) is 11.5 Å². The van der Waals surface area contributed by atoms with Crippen LogP contribution in [0.25, 0.3) is 0 Å². The van der Waals surface area contributed by atoms with Gasteiger partial charge in [-0.2, -0.15) is 5.10 Å². The van der Waals surface area contributed by atoms with Crippen LogP contribution in [0.5, 0.6) is 0 Å². The molecule has 0 spiro atoms. The summed E-state index contributed by atoms with van der Waals surface area (Å²) in [7, 11) is 0. The van der Waals surface area contributed by atoms with Gasteiger partial charge < -0.3 is 10.6 Å². The summed E-state index contributed by atoms with van der Waals surface area (Å²) in [5.74, 6) is -0.253. The van der Waals surface area contributed by atoms with Crippen molar-refractivity contribution >= 4 is 23.3 Å². The van der Waals surface area contributed by atoms with Crippen LogP contribution in [0, 0.1) is 0 Å². The van der Waals surface area contributed by atoms with E-state index in [2.05, 4.69) is 20.8 Å². The van der Waals surface area contributed by atoms with Crippen molar-refractivity contribution in [2.75, 3.05) is 10.6 Å². The van der Waals surface area contributed by atoms with E-state index in [4.69, 9.17) is 0 Å². The molecule has 6 nitrogen and oxygen atoms in total. The van der Waals surface area contributed by atoms with Crippen molar-refractivity contribution in [3.63, 3.8) is 0 Å². The third kappa shape index (κ3) is 2.81. The van der Waals surface area contributed by atoms with E-state index in [9.17, 15) is 9.59 Å². The Kier molecular flexibility index (Phi) is 3.11. The summed E-state index contributed by atoms with van der Waals surface area (Å²) in [5.41, 5.74) is 0.433. The molecule has 0 aromatic carbocycles. The van der Waals surface area contributed by atoms with Crippen molar-refractivity contribution in [3.05, 3.63) is 12.3 Å².